The molecule has 0 aliphatic heterocycles. The van der Waals surface area contributed by atoms with Crippen molar-refractivity contribution in [1.82, 2.24) is 4.98 Å². The van der Waals surface area contributed by atoms with Gasteiger partial charge in [0.15, 0.2) is 0 Å². The van der Waals surface area contributed by atoms with Crippen molar-refractivity contribution in [2.24, 2.45) is 46.2 Å². The van der Waals surface area contributed by atoms with Crippen LogP contribution in [-0.4, -0.2) is 133 Å². The summed E-state index contributed by atoms with van der Waals surface area (Å²) in [5, 5.41) is 1.10. The molecule has 94 heavy (non-hydrogen) atoms. The maximum atomic E-state index is 11.9. The van der Waals surface area contributed by atoms with Gasteiger partial charge in [-0.3, -0.25) is 24.0 Å². The zero-order chi connectivity index (χ0) is 69.2. The number of hydrogen-bond donors (Lipinski definition) is 7. The number of H-pyrrole nitrogens is 1. The van der Waals surface area contributed by atoms with Crippen LogP contribution < -0.4 is 34.4 Å². The molecule has 21 nitrogen and oxygen atoms in total. The number of carbonyl (C=O) groups excluding carboxylic acids is 6. The Balaban J connectivity index is 0.000000240. The minimum absolute atomic E-state index is 0.0770. The van der Waals surface area contributed by atoms with Gasteiger partial charge in [-0.2, -0.15) is 0 Å². The van der Waals surface area contributed by atoms with E-state index in [0.29, 0.717) is 24.7 Å². The standard InChI is InChI=1S/C13H23NO2.C13H17NO2.C12H14N2O2.2C12H23NO3.C11H21NO2/c2*14-12(10-6-2-1-3-7-10)13(15)16-11-8-4-5-9-11;1-16-12(15)10(13)6-8-7-14-11-5-3-2-4-9(8)11;2*1-12(2,3)15-8-10(13)11(14)16-9-6-4-5-7-9;1-8(2)7-10(12)11(13)14-9-5-3-4-6-9/h10-12H,1-9,14H2;1-3,6-7,11-12H,4-5,8-9,14H2;2-5,7,10,14H,6,13H2,1H3;2*9-10H,4-8,13H2,1-3H3;8-10H,3-7,12H2,1-2H3/t2*12-;4*10-/m110101/s1. The van der Waals surface area contributed by atoms with Gasteiger partial charge in [-0.15, -0.1) is 0 Å². The van der Waals surface area contributed by atoms with Crippen LogP contribution in [0, 0.1) is 11.8 Å². The number of nitrogens with one attached hydrogen (secondary N) is 1. The van der Waals surface area contributed by atoms with Gasteiger partial charge < -0.3 is 77.3 Å². The lowest BCUT2D eigenvalue weighted by Gasteiger charge is -2.26. The van der Waals surface area contributed by atoms with Gasteiger partial charge in [-0.1, -0.05) is 81.6 Å². The number of hydrogen-bond acceptors (Lipinski definition) is 20. The third kappa shape index (κ3) is 32.5. The molecule has 6 aliphatic carbocycles. The Kier molecular flexibility index (Phi) is 36.9. The van der Waals surface area contributed by atoms with E-state index in [4.69, 9.17) is 67.6 Å². The molecule has 6 atom stereocenters. The van der Waals surface area contributed by atoms with Crippen LogP contribution in [0.5, 0.6) is 0 Å². The van der Waals surface area contributed by atoms with E-state index < -0.39 is 30.2 Å². The van der Waals surface area contributed by atoms with E-state index in [1.54, 1.807) is 0 Å². The van der Waals surface area contributed by atoms with Crippen molar-refractivity contribution in [3.8, 4) is 0 Å². The smallest absolute Gasteiger partial charge is 0.327 e. The molecule has 3 aromatic rings. The molecule has 6 saturated carbocycles. The average molecular weight is 1320 g/mol. The summed E-state index contributed by atoms with van der Waals surface area (Å²) in [5.41, 5.74) is 37.0. The van der Waals surface area contributed by atoms with Crippen molar-refractivity contribution >= 4 is 46.7 Å². The fourth-order valence-corrected chi connectivity index (χ4v) is 11.9. The number of esters is 6. The van der Waals surface area contributed by atoms with Crippen molar-refractivity contribution < 1.29 is 66.7 Å². The van der Waals surface area contributed by atoms with Crippen LogP contribution in [0.3, 0.4) is 0 Å². The minimum atomic E-state index is -0.667. The Labute approximate surface area is 561 Å². The largest absolute Gasteiger partial charge is 0.468 e. The Morgan fingerprint density at radius 2 is 0.809 bits per heavy atom. The summed E-state index contributed by atoms with van der Waals surface area (Å²) in [5.74, 6) is -0.927. The molecule has 9 rings (SSSR count). The molecule has 2 aromatic carbocycles. The highest BCUT2D eigenvalue weighted by molar-refractivity contribution is 5.84. The molecule has 0 spiro atoms. The number of rotatable bonds is 21. The first-order valence-electron chi connectivity index (χ1n) is 35.1. The summed E-state index contributed by atoms with van der Waals surface area (Å²) in [6.45, 7) is 16.1. The number of benzene rings is 2. The van der Waals surface area contributed by atoms with Gasteiger partial charge in [-0.05, 0) is 218 Å². The molecule has 0 bridgehead atoms. The Hall–Kier alpha value is -5.52. The van der Waals surface area contributed by atoms with Gasteiger partial charge in [0.05, 0.1) is 31.5 Å². The number of aromatic amines is 1. The topological polar surface area (TPSA) is 348 Å². The first kappa shape index (κ1) is 80.9. The summed E-state index contributed by atoms with van der Waals surface area (Å²) in [4.78, 5) is 72.6. The number of nitrogens with two attached hydrogens (primary N) is 6. The van der Waals surface area contributed by atoms with E-state index in [1.165, 1.54) is 52.1 Å². The highest BCUT2D eigenvalue weighted by Gasteiger charge is 2.32. The van der Waals surface area contributed by atoms with Crippen LogP contribution in [0.2, 0.25) is 0 Å². The Morgan fingerprint density at radius 3 is 1.20 bits per heavy atom. The van der Waals surface area contributed by atoms with Gasteiger partial charge in [0.1, 0.15) is 66.8 Å². The van der Waals surface area contributed by atoms with E-state index in [1.807, 2.05) is 102 Å². The highest BCUT2D eigenvalue weighted by Crippen LogP contribution is 2.29. The van der Waals surface area contributed by atoms with Gasteiger partial charge in [-0.25, -0.2) is 4.79 Å². The Morgan fingerprint density at radius 1 is 0.447 bits per heavy atom. The lowest BCUT2D eigenvalue weighted by molar-refractivity contribution is -0.154. The third-order valence-corrected chi connectivity index (χ3v) is 17.4. The van der Waals surface area contributed by atoms with Crippen LogP contribution in [0.1, 0.15) is 240 Å². The number of carbonyl (C=O) groups is 6. The maximum absolute atomic E-state index is 11.9. The Bertz CT molecular complexity index is 2580. The number of methoxy groups -OCH3 is 1. The molecular weight excluding hydrogens is 1200 g/mol. The summed E-state index contributed by atoms with van der Waals surface area (Å²) in [6.07, 6.45) is 31.1. The predicted molar refractivity (Wildman–Crippen MR) is 366 cm³/mol. The van der Waals surface area contributed by atoms with E-state index in [2.05, 4.69) is 23.6 Å². The van der Waals surface area contributed by atoms with Crippen LogP contribution in [0.15, 0.2) is 60.8 Å². The molecular formula is C73H121N7O14. The normalized spacial score (nSPS) is 19.3. The van der Waals surface area contributed by atoms with Crippen molar-refractivity contribution in [3.05, 3.63) is 71.9 Å². The van der Waals surface area contributed by atoms with Gasteiger partial charge >= 0.3 is 35.8 Å². The number of fused-ring (bicyclic) bond motifs is 1. The van der Waals surface area contributed by atoms with Crippen LogP contribution in [0.25, 0.3) is 10.9 Å². The van der Waals surface area contributed by atoms with Crippen molar-refractivity contribution in [2.45, 2.75) is 307 Å². The molecule has 1 heterocycles. The van der Waals surface area contributed by atoms with E-state index in [0.717, 1.165) is 138 Å². The molecule has 6 aliphatic rings. The molecule has 13 N–H and O–H groups in total. The summed E-state index contributed by atoms with van der Waals surface area (Å²) in [7, 11) is 1.34. The second-order valence-corrected chi connectivity index (χ2v) is 28.5. The van der Waals surface area contributed by atoms with Crippen LogP contribution >= 0.6 is 0 Å². The highest BCUT2D eigenvalue weighted by atomic mass is 16.6. The molecule has 21 heteroatoms. The second kappa shape index (κ2) is 42.9. The first-order chi connectivity index (χ1) is 44.6. The number of para-hydroxylation sites is 1. The van der Waals surface area contributed by atoms with Crippen molar-refractivity contribution in [2.75, 3.05) is 20.3 Å². The molecule has 6 fully saturated rings. The van der Waals surface area contributed by atoms with Crippen LogP contribution in [-0.2, 0) is 73.1 Å². The van der Waals surface area contributed by atoms with Gasteiger partial charge in [0.2, 0.25) is 0 Å². The SMILES string of the molecule is CC(C)(C)OC[C@@H](N)C(=O)OC1CCCC1.CC(C)(C)OC[C@H](N)C(=O)OC1CCCC1.CC(C)C[C@@H](N)C(=O)OC1CCCC1.COC(=O)[C@@H](N)Cc1c[nH]c2ccccc12.N[C@@H](C(=O)OC1CCCC1)C1CCCCC1.N[C@@H](C(=O)OC1CCCC1)c1ccccc1. The first-order valence-corrected chi connectivity index (χ1v) is 35.1. The minimum Gasteiger partial charge on any atom is -0.468 e. The molecule has 0 saturated heterocycles. The van der Waals surface area contributed by atoms with Crippen LogP contribution in [0.4, 0.5) is 0 Å². The fourth-order valence-electron chi connectivity index (χ4n) is 11.9. The van der Waals surface area contributed by atoms with Crippen molar-refractivity contribution in [1.29, 1.82) is 0 Å². The zero-order valence-corrected chi connectivity index (χ0v) is 58.5. The molecule has 0 unspecified atom stereocenters. The van der Waals surface area contributed by atoms with Gasteiger partial charge in [0, 0.05) is 23.5 Å². The van der Waals surface area contributed by atoms with E-state index >= 15 is 0 Å². The quantitative estimate of drug-likeness (QED) is 0.0385. The molecule has 532 valence electrons. The summed E-state index contributed by atoms with van der Waals surface area (Å²) >= 11 is 0. The average Bonchev–Trinajstić information content (AvgIpc) is 1.71. The molecule has 0 amide bonds. The summed E-state index contributed by atoms with van der Waals surface area (Å²) in [6, 6.07) is 13.9. The van der Waals surface area contributed by atoms with E-state index in [-0.39, 0.29) is 96.8 Å². The third-order valence-electron chi connectivity index (χ3n) is 17.4. The fraction of sp³-hybridized carbons (Fsp3) is 0.726. The predicted octanol–water partition coefficient (Wildman–Crippen LogP) is 10.8. The second-order valence-electron chi connectivity index (χ2n) is 28.5. The van der Waals surface area contributed by atoms with Gasteiger partial charge in [0.25, 0.3) is 0 Å². The monoisotopic (exact) mass is 1320 g/mol. The zero-order valence-electron chi connectivity index (χ0n) is 58.5. The molecule has 0 radical (unpaired) electrons. The maximum Gasteiger partial charge on any atom is 0.327 e. The molecule has 1 aromatic heterocycles. The number of aromatic nitrogens is 1. The lowest BCUT2D eigenvalue weighted by Crippen LogP contribution is -2.41. The summed E-state index contributed by atoms with van der Waals surface area (Å²) < 4.78 is 42.2. The lowest BCUT2D eigenvalue weighted by atomic mass is 9.84. The van der Waals surface area contributed by atoms with E-state index in [9.17, 15) is 28.8 Å². The van der Waals surface area contributed by atoms with Crippen molar-refractivity contribution in [3.63, 3.8) is 0 Å². The number of ether oxygens (including phenoxy) is 8.